The molecular weight excluding hydrogens is 268 g/mol. The second-order valence-corrected chi connectivity index (χ2v) is 5.00. The van der Waals surface area contributed by atoms with Crippen LogP contribution in [0, 0.1) is 0 Å². The third kappa shape index (κ3) is 3.86. The van der Waals surface area contributed by atoms with Crippen molar-refractivity contribution in [3.8, 4) is 11.1 Å². The average molecular weight is 284 g/mol. The van der Waals surface area contributed by atoms with Gasteiger partial charge in [-0.15, -0.1) is 16.9 Å². The monoisotopic (exact) mass is 284 g/mol. The van der Waals surface area contributed by atoms with Crippen molar-refractivity contribution in [2.24, 2.45) is 21.7 Å². The van der Waals surface area contributed by atoms with Crippen molar-refractivity contribution < 1.29 is 0 Å². The maximum absolute atomic E-state index is 5.19. The third-order valence-electron chi connectivity index (χ3n) is 2.71. The molecule has 0 amide bonds. The number of guanidine groups is 1. The Kier molecular flexibility index (Phi) is 4.79. The zero-order valence-electron chi connectivity index (χ0n) is 11.2. The second kappa shape index (κ2) is 6.77. The SMILES string of the molecule is CSc1ccc(-c2ccc(C=NN=C(N)N)cc2)cc1. The fourth-order valence-corrected chi connectivity index (χ4v) is 2.12. The molecule has 0 saturated carbocycles. The highest BCUT2D eigenvalue weighted by molar-refractivity contribution is 7.98. The number of rotatable bonds is 4. The van der Waals surface area contributed by atoms with Gasteiger partial charge in [-0.25, -0.2) is 0 Å². The lowest BCUT2D eigenvalue weighted by Crippen LogP contribution is -2.21. The van der Waals surface area contributed by atoms with Crippen LogP contribution in [0.2, 0.25) is 0 Å². The minimum absolute atomic E-state index is 0.0493. The van der Waals surface area contributed by atoms with E-state index in [1.165, 1.54) is 10.5 Å². The molecule has 0 heterocycles. The number of thioether (sulfide) groups is 1. The zero-order chi connectivity index (χ0) is 14.4. The quantitative estimate of drug-likeness (QED) is 0.392. The van der Waals surface area contributed by atoms with Crippen molar-refractivity contribution in [3.63, 3.8) is 0 Å². The first-order valence-electron chi connectivity index (χ1n) is 6.05. The molecule has 4 nitrogen and oxygen atoms in total. The van der Waals surface area contributed by atoms with E-state index in [1.807, 2.05) is 24.3 Å². The minimum Gasteiger partial charge on any atom is -0.369 e. The fraction of sp³-hybridized carbons (Fsp3) is 0.0667. The van der Waals surface area contributed by atoms with Crippen LogP contribution in [-0.4, -0.2) is 18.4 Å². The van der Waals surface area contributed by atoms with E-state index in [1.54, 1.807) is 18.0 Å². The van der Waals surface area contributed by atoms with Crippen molar-refractivity contribution in [2.45, 2.75) is 4.90 Å². The maximum atomic E-state index is 5.19. The standard InChI is InChI=1S/C15H16N4S/c1-20-14-8-6-13(7-9-14)12-4-2-11(3-5-12)10-18-19-15(16)17/h2-10H,1H3,(H4,16,17,19). The summed E-state index contributed by atoms with van der Waals surface area (Å²) in [6.07, 6.45) is 3.68. The number of hydrogen-bond acceptors (Lipinski definition) is 3. The molecule has 102 valence electrons. The Morgan fingerprint density at radius 1 is 0.950 bits per heavy atom. The predicted molar refractivity (Wildman–Crippen MR) is 87.1 cm³/mol. The minimum atomic E-state index is -0.0493. The van der Waals surface area contributed by atoms with Crippen LogP contribution in [0.5, 0.6) is 0 Å². The molecule has 0 bridgehead atoms. The summed E-state index contributed by atoms with van der Waals surface area (Å²) in [6, 6.07) is 16.5. The first kappa shape index (κ1) is 14.1. The van der Waals surface area contributed by atoms with Gasteiger partial charge in [0.1, 0.15) is 0 Å². The van der Waals surface area contributed by atoms with Gasteiger partial charge in [0.2, 0.25) is 5.96 Å². The highest BCUT2D eigenvalue weighted by Gasteiger charge is 1.98. The summed E-state index contributed by atoms with van der Waals surface area (Å²) in [5.74, 6) is -0.0493. The molecule has 0 saturated heterocycles. The molecule has 2 rings (SSSR count). The van der Waals surface area contributed by atoms with Crippen LogP contribution in [0.4, 0.5) is 0 Å². The molecule has 0 aliphatic rings. The molecular formula is C15H16N4S. The molecule has 0 unspecified atom stereocenters. The van der Waals surface area contributed by atoms with Gasteiger partial charge in [0.15, 0.2) is 0 Å². The van der Waals surface area contributed by atoms with Crippen molar-refractivity contribution in [1.82, 2.24) is 0 Å². The van der Waals surface area contributed by atoms with Crippen molar-refractivity contribution in [3.05, 3.63) is 54.1 Å². The summed E-state index contributed by atoms with van der Waals surface area (Å²) in [4.78, 5) is 1.26. The first-order valence-corrected chi connectivity index (χ1v) is 7.28. The van der Waals surface area contributed by atoms with E-state index in [9.17, 15) is 0 Å². The Morgan fingerprint density at radius 2 is 1.50 bits per heavy atom. The molecule has 0 aliphatic heterocycles. The Labute approximate surface area is 122 Å². The number of nitrogens with zero attached hydrogens (tertiary/aromatic N) is 2. The Bertz CT molecular complexity index is 611. The summed E-state index contributed by atoms with van der Waals surface area (Å²) >= 11 is 1.74. The lowest BCUT2D eigenvalue weighted by Gasteiger charge is -2.03. The Balaban J connectivity index is 2.14. The van der Waals surface area contributed by atoms with Gasteiger partial charge in [0.25, 0.3) is 0 Å². The van der Waals surface area contributed by atoms with E-state index in [0.29, 0.717) is 0 Å². The van der Waals surface area contributed by atoms with Gasteiger partial charge in [-0.2, -0.15) is 5.10 Å². The highest BCUT2D eigenvalue weighted by Crippen LogP contribution is 2.23. The predicted octanol–water partition coefficient (Wildman–Crippen LogP) is 2.68. The van der Waals surface area contributed by atoms with Gasteiger partial charge in [-0.3, -0.25) is 0 Å². The first-order chi connectivity index (χ1) is 9.69. The molecule has 2 aromatic carbocycles. The molecule has 2 aromatic rings. The van der Waals surface area contributed by atoms with Gasteiger partial charge in [0.05, 0.1) is 6.21 Å². The normalized spacial score (nSPS) is 10.7. The van der Waals surface area contributed by atoms with Gasteiger partial charge in [0, 0.05) is 4.90 Å². The maximum Gasteiger partial charge on any atom is 0.211 e. The molecule has 0 aliphatic carbocycles. The molecule has 5 heteroatoms. The lowest BCUT2D eigenvalue weighted by atomic mass is 10.0. The van der Waals surface area contributed by atoms with Crippen molar-refractivity contribution in [2.75, 3.05) is 6.26 Å². The van der Waals surface area contributed by atoms with Gasteiger partial charge >= 0.3 is 0 Å². The number of benzene rings is 2. The van der Waals surface area contributed by atoms with Crippen molar-refractivity contribution >= 4 is 23.9 Å². The molecule has 4 N–H and O–H groups in total. The second-order valence-electron chi connectivity index (χ2n) is 4.12. The van der Waals surface area contributed by atoms with Crippen LogP contribution in [0.25, 0.3) is 11.1 Å². The Morgan fingerprint density at radius 3 is 2.00 bits per heavy atom. The molecule has 0 fully saturated rings. The smallest absolute Gasteiger partial charge is 0.211 e. The fourth-order valence-electron chi connectivity index (χ4n) is 1.71. The highest BCUT2D eigenvalue weighted by atomic mass is 32.2. The molecule has 0 atom stereocenters. The van der Waals surface area contributed by atoms with E-state index >= 15 is 0 Å². The zero-order valence-corrected chi connectivity index (χ0v) is 12.0. The van der Waals surface area contributed by atoms with Crippen LogP contribution in [-0.2, 0) is 0 Å². The summed E-state index contributed by atoms with van der Waals surface area (Å²) in [7, 11) is 0. The topological polar surface area (TPSA) is 76.8 Å². The van der Waals surface area contributed by atoms with E-state index in [-0.39, 0.29) is 5.96 Å². The van der Waals surface area contributed by atoms with E-state index in [4.69, 9.17) is 11.5 Å². The van der Waals surface area contributed by atoms with E-state index in [2.05, 4.69) is 40.7 Å². The van der Waals surface area contributed by atoms with Crippen molar-refractivity contribution in [1.29, 1.82) is 0 Å². The van der Waals surface area contributed by atoms with Crippen LogP contribution >= 0.6 is 11.8 Å². The number of hydrogen-bond donors (Lipinski definition) is 2. The summed E-state index contributed by atoms with van der Waals surface area (Å²) in [6.45, 7) is 0. The summed E-state index contributed by atoms with van der Waals surface area (Å²) < 4.78 is 0. The van der Waals surface area contributed by atoms with Crippen LogP contribution in [0.3, 0.4) is 0 Å². The third-order valence-corrected chi connectivity index (χ3v) is 3.46. The summed E-state index contributed by atoms with van der Waals surface area (Å²) in [5.41, 5.74) is 13.7. The molecule has 0 radical (unpaired) electrons. The van der Waals surface area contributed by atoms with Crippen LogP contribution < -0.4 is 11.5 Å². The van der Waals surface area contributed by atoms with E-state index in [0.717, 1.165) is 11.1 Å². The van der Waals surface area contributed by atoms with Gasteiger partial charge < -0.3 is 11.5 Å². The molecule has 0 aromatic heterocycles. The van der Waals surface area contributed by atoms with Gasteiger partial charge in [-0.05, 0) is 35.1 Å². The van der Waals surface area contributed by atoms with Gasteiger partial charge in [-0.1, -0.05) is 36.4 Å². The largest absolute Gasteiger partial charge is 0.369 e. The molecule has 20 heavy (non-hydrogen) atoms. The van der Waals surface area contributed by atoms with Crippen LogP contribution in [0.15, 0.2) is 63.6 Å². The lowest BCUT2D eigenvalue weighted by molar-refractivity contribution is 1.21. The number of nitrogens with two attached hydrogens (primary N) is 2. The summed E-state index contributed by atoms with van der Waals surface area (Å²) in [5, 5.41) is 7.34. The van der Waals surface area contributed by atoms with Crippen LogP contribution in [0.1, 0.15) is 5.56 Å². The van der Waals surface area contributed by atoms with E-state index < -0.39 is 0 Å². The average Bonchev–Trinajstić information content (AvgIpc) is 2.48. The molecule has 0 spiro atoms. The Hall–Kier alpha value is -2.27.